The molecule has 2 rings (SSSR count). The molecule has 1 N–H and O–H groups in total. The zero-order valence-electron chi connectivity index (χ0n) is 11.5. The summed E-state index contributed by atoms with van der Waals surface area (Å²) in [6.07, 6.45) is 0.511. The molecule has 0 aliphatic heterocycles. The summed E-state index contributed by atoms with van der Waals surface area (Å²) in [5.41, 5.74) is 0.864. The van der Waals surface area contributed by atoms with Gasteiger partial charge in [-0.15, -0.1) is 0 Å². The highest BCUT2D eigenvalue weighted by molar-refractivity contribution is 9.10. The van der Waals surface area contributed by atoms with Crippen LogP contribution in [-0.4, -0.2) is 5.91 Å². The van der Waals surface area contributed by atoms with Gasteiger partial charge in [-0.25, -0.2) is 0 Å². The van der Waals surface area contributed by atoms with Crippen molar-refractivity contribution >= 4 is 38.3 Å². The van der Waals surface area contributed by atoms with Gasteiger partial charge in [0.1, 0.15) is 0 Å². The highest BCUT2D eigenvalue weighted by Crippen LogP contribution is 2.30. The zero-order chi connectivity index (χ0) is 14.0. The lowest BCUT2D eigenvalue weighted by Gasteiger charge is -2.18. The van der Waals surface area contributed by atoms with E-state index in [0.717, 1.165) is 20.9 Å². The number of nitrogens with one attached hydrogen (secondary N) is 1. The first kappa shape index (κ1) is 14.1. The van der Waals surface area contributed by atoms with E-state index in [4.69, 9.17) is 0 Å². The van der Waals surface area contributed by atoms with Crippen molar-refractivity contribution in [3.63, 3.8) is 0 Å². The highest BCUT2D eigenvalue weighted by Gasteiger charge is 2.16. The van der Waals surface area contributed by atoms with E-state index in [1.807, 2.05) is 36.4 Å². The molecular weight excluding hydrogens is 302 g/mol. The SMILES string of the molecule is CC(C)(C)CC(=O)Nc1ccc(Br)c2ccccc12. The number of halogens is 1. The van der Waals surface area contributed by atoms with Crippen molar-refractivity contribution in [3.05, 3.63) is 40.9 Å². The minimum absolute atomic E-state index is 0.00471. The molecule has 2 aromatic rings. The summed E-state index contributed by atoms with van der Waals surface area (Å²) in [4.78, 5) is 12.0. The number of hydrogen-bond donors (Lipinski definition) is 1. The fourth-order valence-electron chi connectivity index (χ4n) is 2.05. The third kappa shape index (κ3) is 3.57. The summed E-state index contributed by atoms with van der Waals surface area (Å²) in [7, 11) is 0. The predicted molar refractivity (Wildman–Crippen MR) is 84.3 cm³/mol. The number of fused-ring (bicyclic) bond motifs is 1. The Morgan fingerprint density at radius 1 is 1.11 bits per heavy atom. The summed E-state index contributed by atoms with van der Waals surface area (Å²) in [6.45, 7) is 6.19. The monoisotopic (exact) mass is 319 g/mol. The Balaban J connectivity index is 2.31. The minimum Gasteiger partial charge on any atom is -0.325 e. The van der Waals surface area contributed by atoms with Crippen LogP contribution < -0.4 is 5.32 Å². The van der Waals surface area contributed by atoms with Crippen LogP contribution in [0.25, 0.3) is 10.8 Å². The molecule has 19 heavy (non-hydrogen) atoms. The number of carbonyl (C=O) groups excluding carboxylic acids is 1. The van der Waals surface area contributed by atoms with Crippen LogP contribution in [0.1, 0.15) is 27.2 Å². The molecule has 2 nitrogen and oxygen atoms in total. The molecule has 1 amide bonds. The standard InChI is InChI=1S/C16H18BrNO/c1-16(2,3)10-15(19)18-14-9-8-13(17)11-6-4-5-7-12(11)14/h4-9H,10H2,1-3H3,(H,18,19). The number of rotatable bonds is 2. The van der Waals surface area contributed by atoms with Gasteiger partial charge >= 0.3 is 0 Å². The van der Waals surface area contributed by atoms with E-state index in [9.17, 15) is 4.79 Å². The fourth-order valence-corrected chi connectivity index (χ4v) is 2.53. The maximum Gasteiger partial charge on any atom is 0.224 e. The quantitative estimate of drug-likeness (QED) is 0.831. The molecule has 0 saturated heterocycles. The van der Waals surface area contributed by atoms with Crippen molar-refractivity contribution in [2.75, 3.05) is 5.32 Å². The second-order valence-corrected chi connectivity index (χ2v) is 6.78. The first-order valence-electron chi connectivity index (χ1n) is 6.34. The summed E-state index contributed by atoms with van der Waals surface area (Å²) in [5.74, 6) is 0.0555. The molecule has 100 valence electrons. The average molecular weight is 320 g/mol. The van der Waals surface area contributed by atoms with E-state index in [0.29, 0.717) is 6.42 Å². The summed E-state index contributed by atoms with van der Waals surface area (Å²) < 4.78 is 1.04. The normalized spacial score (nSPS) is 11.6. The van der Waals surface area contributed by atoms with Gasteiger partial charge in [0.15, 0.2) is 0 Å². The van der Waals surface area contributed by atoms with Crippen LogP contribution in [0.15, 0.2) is 40.9 Å². The molecule has 0 aromatic heterocycles. The van der Waals surface area contributed by atoms with E-state index in [1.165, 1.54) is 0 Å². The third-order valence-electron chi connectivity index (χ3n) is 2.84. The number of hydrogen-bond acceptors (Lipinski definition) is 1. The smallest absolute Gasteiger partial charge is 0.224 e. The molecule has 0 bridgehead atoms. The van der Waals surface area contributed by atoms with Gasteiger partial charge in [0, 0.05) is 22.0 Å². The topological polar surface area (TPSA) is 29.1 Å². The number of benzene rings is 2. The number of amides is 1. The van der Waals surface area contributed by atoms with Crippen LogP contribution in [0.4, 0.5) is 5.69 Å². The minimum atomic E-state index is -0.00471. The van der Waals surface area contributed by atoms with Gasteiger partial charge in [-0.1, -0.05) is 61.0 Å². The predicted octanol–water partition coefficient (Wildman–Crippen LogP) is 4.98. The largest absolute Gasteiger partial charge is 0.325 e. The Bertz CT molecular complexity index is 614. The van der Waals surface area contributed by atoms with Gasteiger partial charge in [0.25, 0.3) is 0 Å². The summed E-state index contributed by atoms with van der Waals surface area (Å²) in [5, 5.41) is 5.17. The molecule has 2 aromatic carbocycles. The number of anilines is 1. The van der Waals surface area contributed by atoms with Crippen molar-refractivity contribution in [1.82, 2.24) is 0 Å². The molecule has 0 radical (unpaired) electrons. The van der Waals surface area contributed by atoms with Crippen LogP contribution in [0.3, 0.4) is 0 Å². The summed E-state index contributed by atoms with van der Waals surface area (Å²) >= 11 is 3.53. The Labute approximate surface area is 122 Å². The van der Waals surface area contributed by atoms with Crippen LogP contribution in [0, 0.1) is 5.41 Å². The van der Waals surface area contributed by atoms with E-state index >= 15 is 0 Å². The van der Waals surface area contributed by atoms with Crippen LogP contribution in [0.5, 0.6) is 0 Å². The van der Waals surface area contributed by atoms with Gasteiger partial charge in [0.05, 0.1) is 0 Å². The molecule has 0 aliphatic carbocycles. The second kappa shape index (κ2) is 5.33. The molecular formula is C16H18BrNO. The maximum absolute atomic E-state index is 12.0. The van der Waals surface area contributed by atoms with Crippen molar-refractivity contribution in [2.24, 2.45) is 5.41 Å². The van der Waals surface area contributed by atoms with Gasteiger partial charge in [0.2, 0.25) is 5.91 Å². The maximum atomic E-state index is 12.0. The zero-order valence-corrected chi connectivity index (χ0v) is 13.0. The van der Waals surface area contributed by atoms with Gasteiger partial charge in [-0.3, -0.25) is 4.79 Å². The first-order valence-corrected chi connectivity index (χ1v) is 7.13. The molecule has 0 aliphatic rings. The van der Waals surface area contributed by atoms with Crippen molar-refractivity contribution in [2.45, 2.75) is 27.2 Å². The highest BCUT2D eigenvalue weighted by atomic mass is 79.9. The van der Waals surface area contributed by atoms with Gasteiger partial charge < -0.3 is 5.32 Å². The van der Waals surface area contributed by atoms with Gasteiger partial charge in [-0.05, 0) is 22.9 Å². The molecule has 0 spiro atoms. The van der Waals surface area contributed by atoms with Crippen molar-refractivity contribution in [3.8, 4) is 0 Å². The molecule has 0 atom stereocenters. The Kier molecular flexibility index (Phi) is 3.95. The van der Waals surface area contributed by atoms with E-state index < -0.39 is 0 Å². The lowest BCUT2D eigenvalue weighted by Crippen LogP contribution is -2.19. The molecule has 3 heteroatoms. The van der Waals surface area contributed by atoms with E-state index in [-0.39, 0.29) is 11.3 Å². The van der Waals surface area contributed by atoms with Gasteiger partial charge in [-0.2, -0.15) is 0 Å². The lowest BCUT2D eigenvalue weighted by molar-refractivity contribution is -0.117. The first-order chi connectivity index (χ1) is 8.87. The molecule has 0 fully saturated rings. The Morgan fingerprint density at radius 3 is 2.37 bits per heavy atom. The van der Waals surface area contributed by atoms with Crippen molar-refractivity contribution in [1.29, 1.82) is 0 Å². The van der Waals surface area contributed by atoms with Crippen LogP contribution >= 0.6 is 15.9 Å². The van der Waals surface area contributed by atoms with E-state index in [2.05, 4.69) is 42.0 Å². The van der Waals surface area contributed by atoms with E-state index in [1.54, 1.807) is 0 Å². The Morgan fingerprint density at radius 2 is 1.74 bits per heavy atom. The van der Waals surface area contributed by atoms with Crippen LogP contribution in [-0.2, 0) is 4.79 Å². The fraction of sp³-hybridized carbons (Fsp3) is 0.312. The Hall–Kier alpha value is -1.35. The van der Waals surface area contributed by atoms with Crippen molar-refractivity contribution < 1.29 is 4.79 Å². The molecule has 0 saturated carbocycles. The molecule has 0 heterocycles. The third-order valence-corrected chi connectivity index (χ3v) is 3.53. The van der Waals surface area contributed by atoms with Crippen LogP contribution in [0.2, 0.25) is 0 Å². The molecule has 0 unspecified atom stereocenters. The second-order valence-electron chi connectivity index (χ2n) is 5.93. The lowest BCUT2D eigenvalue weighted by atomic mass is 9.92. The number of carbonyl (C=O) groups is 1. The average Bonchev–Trinajstić information content (AvgIpc) is 2.31. The summed E-state index contributed by atoms with van der Waals surface area (Å²) in [6, 6.07) is 11.9.